The van der Waals surface area contributed by atoms with Crippen molar-refractivity contribution in [1.82, 2.24) is 0 Å². The van der Waals surface area contributed by atoms with Gasteiger partial charge in [-0.15, -0.1) is 0 Å². The number of nitrogens with zero attached hydrogens (tertiary/aromatic N) is 1. The van der Waals surface area contributed by atoms with E-state index < -0.39 is 23.4 Å². The standard InChI is InChI=1S/C18H18N2O7/c1-11-7-8-12(9-13(11)20(23)24)19-16(21)10-27-18(22)17-14(25-2)5-4-6-15(17)26-3/h4-9H,10H2,1-3H3,(H,19,21). The molecule has 2 aromatic carbocycles. The molecule has 2 aromatic rings. The van der Waals surface area contributed by atoms with Crippen molar-refractivity contribution in [2.24, 2.45) is 0 Å². The van der Waals surface area contributed by atoms with Gasteiger partial charge in [0.05, 0.1) is 19.1 Å². The Hall–Kier alpha value is -3.62. The zero-order valence-electron chi connectivity index (χ0n) is 15.0. The number of methoxy groups -OCH3 is 2. The average molecular weight is 374 g/mol. The van der Waals surface area contributed by atoms with Crippen molar-refractivity contribution in [3.8, 4) is 11.5 Å². The zero-order valence-corrected chi connectivity index (χ0v) is 15.0. The van der Waals surface area contributed by atoms with Crippen LogP contribution in [0.15, 0.2) is 36.4 Å². The molecule has 0 unspecified atom stereocenters. The number of hydrogen-bond donors (Lipinski definition) is 1. The van der Waals surface area contributed by atoms with Crippen LogP contribution in [-0.2, 0) is 9.53 Å². The Morgan fingerprint density at radius 1 is 1.11 bits per heavy atom. The Kier molecular flexibility index (Phi) is 6.32. The summed E-state index contributed by atoms with van der Waals surface area (Å²) in [5, 5.41) is 13.4. The van der Waals surface area contributed by atoms with Crippen molar-refractivity contribution in [3.05, 3.63) is 57.6 Å². The number of carbonyl (C=O) groups is 2. The van der Waals surface area contributed by atoms with Gasteiger partial charge in [-0.1, -0.05) is 12.1 Å². The van der Waals surface area contributed by atoms with Crippen LogP contribution in [0.4, 0.5) is 11.4 Å². The summed E-state index contributed by atoms with van der Waals surface area (Å²) in [6, 6.07) is 9.03. The smallest absolute Gasteiger partial charge is 0.346 e. The van der Waals surface area contributed by atoms with Gasteiger partial charge in [0.2, 0.25) is 0 Å². The molecule has 142 valence electrons. The van der Waals surface area contributed by atoms with Crippen LogP contribution >= 0.6 is 0 Å². The lowest BCUT2D eigenvalue weighted by atomic mass is 10.2. The van der Waals surface area contributed by atoms with Gasteiger partial charge >= 0.3 is 5.97 Å². The van der Waals surface area contributed by atoms with Gasteiger partial charge in [-0.3, -0.25) is 14.9 Å². The molecule has 0 heterocycles. The SMILES string of the molecule is COc1cccc(OC)c1C(=O)OCC(=O)Nc1ccc(C)c([N+](=O)[O-])c1. The topological polar surface area (TPSA) is 117 Å². The van der Waals surface area contributed by atoms with Gasteiger partial charge < -0.3 is 19.5 Å². The first kappa shape index (κ1) is 19.7. The summed E-state index contributed by atoms with van der Waals surface area (Å²) in [5.41, 5.74) is 0.626. The van der Waals surface area contributed by atoms with Crippen molar-refractivity contribution in [2.75, 3.05) is 26.1 Å². The fourth-order valence-electron chi connectivity index (χ4n) is 2.34. The molecule has 0 aliphatic rings. The second kappa shape index (κ2) is 8.65. The van der Waals surface area contributed by atoms with Crippen LogP contribution in [0.5, 0.6) is 11.5 Å². The number of ether oxygens (including phenoxy) is 3. The molecule has 27 heavy (non-hydrogen) atoms. The van der Waals surface area contributed by atoms with Crippen LogP contribution in [0, 0.1) is 17.0 Å². The number of aryl methyl sites for hydroxylation is 1. The number of esters is 1. The number of rotatable bonds is 7. The first-order chi connectivity index (χ1) is 12.9. The first-order valence-electron chi connectivity index (χ1n) is 7.80. The first-order valence-corrected chi connectivity index (χ1v) is 7.80. The van der Waals surface area contributed by atoms with Gasteiger partial charge in [0.25, 0.3) is 11.6 Å². The van der Waals surface area contributed by atoms with Crippen LogP contribution in [-0.4, -0.2) is 37.6 Å². The molecular formula is C18H18N2O7. The van der Waals surface area contributed by atoms with Crippen LogP contribution in [0.25, 0.3) is 0 Å². The van der Waals surface area contributed by atoms with Crippen molar-refractivity contribution in [2.45, 2.75) is 6.92 Å². The number of hydrogen-bond acceptors (Lipinski definition) is 7. The summed E-state index contributed by atoms with van der Waals surface area (Å²) < 4.78 is 15.2. The third-order valence-corrected chi connectivity index (χ3v) is 3.66. The molecule has 0 fully saturated rings. The van der Waals surface area contributed by atoms with Crippen molar-refractivity contribution >= 4 is 23.3 Å². The molecular weight excluding hydrogens is 356 g/mol. The lowest BCUT2D eigenvalue weighted by Gasteiger charge is -2.12. The summed E-state index contributed by atoms with van der Waals surface area (Å²) in [5.74, 6) is -0.951. The number of nitro benzene ring substituents is 1. The fraction of sp³-hybridized carbons (Fsp3) is 0.222. The molecule has 1 amide bonds. The maximum Gasteiger partial charge on any atom is 0.346 e. The van der Waals surface area contributed by atoms with Gasteiger partial charge in [0.15, 0.2) is 6.61 Å². The lowest BCUT2D eigenvalue weighted by Crippen LogP contribution is -2.21. The summed E-state index contributed by atoms with van der Waals surface area (Å²) in [7, 11) is 2.78. The molecule has 9 heteroatoms. The largest absolute Gasteiger partial charge is 0.496 e. The number of carbonyl (C=O) groups excluding carboxylic acids is 2. The van der Waals surface area contributed by atoms with E-state index in [9.17, 15) is 19.7 Å². The Morgan fingerprint density at radius 3 is 2.30 bits per heavy atom. The Labute approximate surface area is 155 Å². The lowest BCUT2D eigenvalue weighted by molar-refractivity contribution is -0.385. The quantitative estimate of drug-likeness (QED) is 0.450. The molecule has 0 radical (unpaired) electrons. The molecule has 0 saturated carbocycles. The maximum absolute atomic E-state index is 12.3. The minimum Gasteiger partial charge on any atom is -0.496 e. The highest BCUT2D eigenvalue weighted by Crippen LogP contribution is 2.29. The summed E-state index contributed by atoms with van der Waals surface area (Å²) in [6.07, 6.45) is 0. The predicted octanol–water partition coefficient (Wildman–Crippen LogP) is 2.72. The van der Waals surface area contributed by atoms with E-state index in [0.717, 1.165) is 0 Å². The van der Waals surface area contributed by atoms with E-state index in [-0.39, 0.29) is 28.4 Å². The van der Waals surface area contributed by atoms with E-state index in [4.69, 9.17) is 14.2 Å². The van der Waals surface area contributed by atoms with Gasteiger partial charge in [0, 0.05) is 17.3 Å². The molecule has 0 aliphatic carbocycles. The highest BCUT2D eigenvalue weighted by Gasteiger charge is 2.21. The van der Waals surface area contributed by atoms with E-state index in [1.807, 2.05) is 0 Å². The fourth-order valence-corrected chi connectivity index (χ4v) is 2.34. The number of nitrogens with one attached hydrogen (secondary N) is 1. The minimum absolute atomic E-state index is 0.0567. The Bertz CT molecular complexity index is 858. The van der Waals surface area contributed by atoms with E-state index >= 15 is 0 Å². The summed E-state index contributed by atoms with van der Waals surface area (Å²) in [6.45, 7) is 1.01. The van der Waals surface area contributed by atoms with Crippen molar-refractivity contribution < 1.29 is 28.7 Å². The molecule has 2 rings (SSSR count). The van der Waals surface area contributed by atoms with Crippen LogP contribution in [0.2, 0.25) is 0 Å². The van der Waals surface area contributed by atoms with E-state index in [1.165, 1.54) is 32.4 Å². The molecule has 0 saturated heterocycles. The summed E-state index contributed by atoms with van der Waals surface area (Å²) >= 11 is 0. The third-order valence-electron chi connectivity index (χ3n) is 3.66. The second-order valence-corrected chi connectivity index (χ2v) is 5.42. The monoisotopic (exact) mass is 374 g/mol. The van der Waals surface area contributed by atoms with Crippen LogP contribution in [0.1, 0.15) is 15.9 Å². The molecule has 1 N–H and O–H groups in total. The van der Waals surface area contributed by atoms with Crippen molar-refractivity contribution in [3.63, 3.8) is 0 Å². The second-order valence-electron chi connectivity index (χ2n) is 5.42. The van der Waals surface area contributed by atoms with E-state index in [0.29, 0.717) is 5.56 Å². The molecule has 0 bridgehead atoms. The van der Waals surface area contributed by atoms with Gasteiger partial charge in [-0.05, 0) is 25.1 Å². The van der Waals surface area contributed by atoms with E-state index in [2.05, 4.69) is 5.32 Å². The molecule has 9 nitrogen and oxygen atoms in total. The maximum atomic E-state index is 12.3. The average Bonchev–Trinajstić information content (AvgIpc) is 2.66. The number of amides is 1. The third kappa shape index (κ3) is 4.72. The Balaban J connectivity index is 2.05. The molecule has 0 aromatic heterocycles. The highest BCUT2D eigenvalue weighted by atomic mass is 16.6. The van der Waals surface area contributed by atoms with Gasteiger partial charge in [-0.25, -0.2) is 4.79 Å². The Morgan fingerprint density at radius 2 is 1.74 bits per heavy atom. The zero-order chi connectivity index (χ0) is 20.0. The van der Waals surface area contributed by atoms with Crippen LogP contribution < -0.4 is 14.8 Å². The van der Waals surface area contributed by atoms with Gasteiger partial charge in [0.1, 0.15) is 17.1 Å². The predicted molar refractivity (Wildman–Crippen MR) is 96.3 cm³/mol. The van der Waals surface area contributed by atoms with Crippen molar-refractivity contribution in [1.29, 1.82) is 0 Å². The van der Waals surface area contributed by atoms with Gasteiger partial charge in [-0.2, -0.15) is 0 Å². The molecule has 0 aliphatic heterocycles. The molecule has 0 spiro atoms. The number of nitro groups is 1. The molecule has 0 atom stereocenters. The van der Waals surface area contributed by atoms with Crippen LogP contribution in [0.3, 0.4) is 0 Å². The number of benzene rings is 2. The minimum atomic E-state index is -0.797. The number of anilines is 1. The normalized spacial score (nSPS) is 10.0. The summed E-state index contributed by atoms with van der Waals surface area (Å²) in [4.78, 5) is 34.7. The highest BCUT2D eigenvalue weighted by molar-refractivity contribution is 5.98. The van der Waals surface area contributed by atoms with E-state index in [1.54, 1.807) is 25.1 Å².